The number of nitrogens with zero attached hydrogens (tertiary/aromatic N) is 5. The average Bonchev–Trinajstić information content (AvgIpc) is 3.54. The van der Waals surface area contributed by atoms with Crippen LogP contribution in [0.4, 0.5) is 10.8 Å². The minimum atomic E-state index is -0.0624. The molecule has 0 saturated heterocycles. The van der Waals surface area contributed by atoms with Crippen molar-refractivity contribution in [3.8, 4) is 11.6 Å². The maximum Gasteiger partial charge on any atom is 0.230 e. The topological polar surface area (TPSA) is 77.1 Å². The summed E-state index contributed by atoms with van der Waals surface area (Å²) in [5.74, 6) is 2.44. The number of hydrogen-bond donors (Lipinski definition) is 0. The Morgan fingerprint density at radius 2 is 2.00 bits per heavy atom. The molecule has 7 nitrogen and oxygen atoms in total. The molecule has 0 aliphatic heterocycles. The lowest BCUT2D eigenvalue weighted by Crippen LogP contribution is -2.22. The van der Waals surface area contributed by atoms with Crippen LogP contribution in [0.25, 0.3) is 11.6 Å². The van der Waals surface area contributed by atoms with Gasteiger partial charge in [-0.1, -0.05) is 44.7 Å². The largest absolute Gasteiger partial charge is 0.461 e. The van der Waals surface area contributed by atoms with Gasteiger partial charge in [0.15, 0.2) is 21.9 Å². The number of amides is 1. The first-order chi connectivity index (χ1) is 16.0. The van der Waals surface area contributed by atoms with Crippen molar-refractivity contribution in [1.29, 1.82) is 0 Å². The fourth-order valence-corrected chi connectivity index (χ4v) is 5.26. The first-order valence-electron chi connectivity index (χ1n) is 10.9. The van der Waals surface area contributed by atoms with Crippen LogP contribution in [0.2, 0.25) is 0 Å². The van der Waals surface area contributed by atoms with Crippen molar-refractivity contribution >= 4 is 39.8 Å². The van der Waals surface area contributed by atoms with Gasteiger partial charge in [-0.15, -0.1) is 21.5 Å². The third-order valence-electron chi connectivity index (χ3n) is 5.00. The molecule has 0 bridgehead atoms. The summed E-state index contributed by atoms with van der Waals surface area (Å²) in [5, 5.41) is 12.2. The van der Waals surface area contributed by atoms with E-state index in [1.54, 1.807) is 29.8 Å². The number of anilines is 2. The number of furan rings is 1. The second kappa shape index (κ2) is 10.4. The van der Waals surface area contributed by atoms with Crippen molar-refractivity contribution in [3.63, 3.8) is 0 Å². The molecule has 3 heterocycles. The number of hydrogen-bond acceptors (Lipinski definition) is 7. The summed E-state index contributed by atoms with van der Waals surface area (Å²) in [5.41, 5.74) is 2.96. The van der Waals surface area contributed by atoms with E-state index in [4.69, 9.17) is 9.40 Å². The van der Waals surface area contributed by atoms with Crippen molar-refractivity contribution in [1.82, 2.24) is 19.7 Å². The predicted octanol–water partition coefficient (Wildman–Crippen LogP) is 6.19. The molecule has 33 heavy (non-hydrogen) atoms. The number of carbonyl (C=O) groups excluding carboxylic acids is 1. The highest BCUT2D eigenvalue weighted by Gasteiger charge is 2.20. The standard InChI is InChI=1S/C24H27N5O2S2/c1-5-18-8-10-20(11-9-18)29(17(4)30)23-25-19(14-32-23)15-33-24-27-26-22(21-7-6-12-31-21)28(24)13-16(2)3/h6-12,14,16H,5,13,15H2,1-4H3. The highest BCUT2D eigenvalue weighted by molar-refractivity contribution is 7.98. The molecule has 1 aromatic carbocycles. The fourth-order valence-electron chi connectivity index (χ4n) is 3.42. The summed E-state index contributed by atoms with van der Waals surface area (Å²) in [6.07, 6.45) is 2.60. The molecule has 0 radical (unpaired) electrons. The molecular formula is C24H27N5O2S2. The van der Waals surface area contributed by atoms with Gasteiger partial charge in [0.25, 0.3) is 0 Å². The van der Waals surface area contributed by atoms with Crippen LogP contribution in [0, 0.1) is 5.92 Å². The van der Waals surface area contributed by atoms with E-state index in [0.717, 1.165) is 35.3 Å². The zero-order valence-electron chi connectivity index (χ0n) is 19.2. The summed E-state index contributed by atoms with van der Waals surface area (Å²) in [4.78, 5) is 18.8. The normalized spacial score (nSPS) is 11.3. The average molecular weight is 482 g/mol. The number of aromatic nitrogens is 4. The number of rotatable bonds is 9. The van der Waals surface area contributed by atoms with Gasteiger partial charge in [0.2, 0.25) is 5.91 Å². The first-order valence-corrected chi connectivity index (χ1v) is 12.8. The van der Waals surface area contributed by atoms with Crippen molar-refractivity contribution in [2.24, 2.45) is 5.92 Å². The molecule has 9 heteroatoms. The van der Waals surface area contributed by atoms with Gasteiger partial charge in [-0.3, -0.25) is 14.3 Å². The Labute approximate surface area is 201 Å². The van der Waals surface area contributed by atoms with E-state index in [9.17, 15) is 4.79 Å². The molecule has 3 aromatic heterocycles. The fraction of sp³-hybridized carbons (Fsp3) is 0.333. The van der Waals surface area contributed by atoms with E-state index >= 15 is 0 Å². The molecular weight excluding hydrogens is 454 g/mol. The number of carbonyl (C=O) groups is 1. The molecule has 1 amide bonds. The molecule has 0 aliphatic carbocycles. The van der Waals surface area contributed by atoms with E-state index in [2.05, 4.69) is 35.5 Å². The zero-order chi connectivity index (χ0) is 23.4. The quantitative estimate of drug-likeness (QED) is 0.265. The van der Waals surface area contributed by atoms with Gasteiger partial charge in [-0.25, -0.2) is 4.98 Å². The molecule has 0 unspecified atom stereocenters. The van der Waals surface area contributed by atoms with E-state index in [0.29, 0.717) is 22.6 Å². The Morgan fingerprint density at radius 3 is 2.64 bits per heavy atom. The summed E-state index contributed by atoms with van der Waals surface area (Å²) < 4.78 is 7.64. The Morgan fingerprint density at radius 1 is 1.21 bits per heavy atom. The Hall–Kier alpha value is -2.91. The second-order valence-electron chi connectivity index (χ2n) is 8.07. The van der Waals surface area contributed by atoms with Gasteiger partial charge in [0, 0.05) is 24.6 Å². The number of aryl methyl sites for hydroxylation is 1. The minimum Gasteiger partial charge on any atom is -0.461 e. The highest BCUT2D eigenvalue weighted by atomic mass is 32.2. The zero-order valence-corrected chi connectivity index (χ0v) is 20.8. The van der Waals surface area contributed by atoms with Crippen molar-refractivity contribution in [2.45, 2.75) is 51.6 Å². The number of thioether (sulfide) groups is 1. The lowest BCUT2D eigenvalue weighted by molar-refractivity contribution is -0.115. The Bertz CT molecular complexity index is 1200. The van der Waals surface area contributed by atoms with E-state index < -0.39 is 0 Å². The van der Waals surface area contributed by atoms with Crippen LogP contribution in [-0.4, -0.2) is 25.7 Å². The van der Waals surface area contributed by atoms with Crippen molar-refractivity contribution in [3.05, 3.63) is 59.3 Å². The summed E-state index contributed by atoms with van der Waals surface area (Å²) in [6, 6.07) is 11.8. The van der Waals surface area contributed by atoms with E-state index in [-0.39, 0.29) is 5.91 Å². The third-order valence-corrected chi connectivity index (χ3v) is 6.88. The monoisotopic (exact) mass is 481 g/mol. The van der Waals surface area contributed by atoms with Crippen LogP contribution in [0.1, 0.15) is 39.0 Å². The number of benzene rings is 1. The van der Waals surface area contributed by atoms with Gasteiger partial charge in [0.05, 0.1) is 17.6 Å². The third kappa shape index (κ3) is 5.36. The van der Waals surface area contributed by atoms with Crippen LogP contribution < -0.4 is 4.90 Å². The van der Waals surface area contributed by atoms with Gasteiger partial charge in [-0.05, 0) is 42.2 Å². The number of thiazole rings is 1. The summed E-state index contributed by atoms with van der Waals surface area (Å²) in [6.45, 7) is 8.79. The van der Waals surface area contributed by atoms with Gasteiger partial charge < -0.3 is 4.42 Å². The van der Waals surface area contributed by atoms with Crippen molar-refractivity contribution in [2.75, 3.05) is 4.90 Å². The Kier molecular flexibility index (Phi) is 7.29. The van der Waals surface area contributed by atoms with Crippen molar-refractivity contribution < 1.29 is 9.21 Å². The Balaban J connectivity index is 1.52. The lowest BCUT2D eigenvalue weighted by Gasteiger charge is -2.18. The van der Waals surface area contributed by atoms with E-state index in [1.165, 1.54) is 16.9 Å². The summed E-state index contributed by atoms with van der Waals surface area (Å²) in [7, 11) is 0. The molecule has 0 spiro atoms. The molecule has 172 valence electrons. The van der Waals surface area contributed by atoms with E-state index in [1.807, 2.05) is 41.8 Å². The molecule has 0 fully saturated rings. The van der Waals surface area contributed by atoms with Gasteiger partial charge in [-0.2, -0.15) is 0 Å². The smallest absolute Gasteiger partial charge is 0.230 e. The van der Waals surface area contributed by atoms with Crippen LogP contribution >= 0.6 is 23.1 Å². The van der Waals surface area contributed by atoms with Crippen LogP contribution in [0.5, 0.6) is 0 Å². The molecule has 4 rings (SSSR count). The minimum absolute atomic E-state index is 0.0624. The maximum atomic E-state index is 12.4. The van der Waals surface area contributed by atoms with Gasteiger partial charge in [0.1, 0.15) is 0 Å². The highest BCUT2D eigenvalue weighted by Crippen LogP contribution is 2.32. The van der Waals surface area contributed by atoms with Crippen LogP contribution in [0.3, 0.4) is 0 Å². The van der Waals surface area contributed by atoms with Crippen LogP contribution in [-0.2, 0) is 23.5 Å². The summed E-state index contributed by atoms with van der Waals surface area (Å²) >= 11 is 3.05. The molecule has 0 aliphatic rings. The SMILES string of the molecule is CCc1ccc(N(C(C)=O)c2nc(CSc3nnc(-c4ccco4)n3CC(C)C)cs2)cc1. The first kappa shape index (κ1) is 23.3. The maximum absolute atomic E-state index is 12.4. The predicted molar refractivity (Wildman–Crippen MR) is 133 cm³/mol. The molecule has 0 N–H and O–H groups in total. The molecule has 0 saturated carbocycles. The van der Waals surface area contributed by atoms with Gasteiger partial charge >= 0.3 is 0 Å². The lowest BCUT2D eigenvalue weighted by atomic mass is 10.1. The molecule has 0 atom stereocenters. The second-order valence-corrected chi connectivity index (χ2v) is 9.85. The molecule has 4 aromatic rings. The van der Waals surface area contributed by atoms with Crippen LogP contribution in [0.15, 0.2) is 57.6 Å².